The Morgan fingerprint density at radius 2 is 1.04 bits per heavy atom. The van der Waals surface area contributed by atoms with Crippen LogP contribution in [0, 0.1) is 13.8 Å². The van der Waals surface area contributed by atoms with Crippen LogP contribution in [0.15, 0.2) is 58.8 Å². The van der Waals surface area contributed by atoms with E-state index < -0.39 is 41.4 Å². The lowest BCUT2D eigenvalue weighted by Crippen LogP contribution is -2.12. The number of carbonyl (C=O) groups excluding carboxylic acids is 3. The van der Waals surface area contributed by atoms with Crippen LogP contribution in [0.3, 0.4) is 0 Å². The van der Waals surface area contributed by atoms with Crippen molar-refractivity contribution < 1.29 is 41.1 Å². The molecule has 0 saturated heterocycles. The van der Waals surface area contributed by atoms with E-state index in [1.54, 1.807) is 26.2 Å². The van der Waals surface area contributed by atoms with Crippen LogP contribution in [-0.4, -0.2) is 75.7 Å². The standard InChI is InChI=1S/C13H12Cl2N2O3S.C13H13ClN2O4S.C2Cl2O2/c1-8-10(13(15)18)3-4-12(21(2,19)20)11(8)7-17-6-9(14)5-16-17;1-8-10(13(17)18)3-4-12(21(2,19)20)11(8)7-16-6-9(14)5-15-16;3-1(5)2(4)6/h3-6H,7H2,1-2H3;3-6H,7H2,1-2H3,(H,17,18);. The Labute approximate surface area is 300 Å². The number of halogens is 5. The topological polar surface area (TPSA) is 192 Å². The number of carboxylic acids is 1. The maximum Gasteiger partial charge on any atom is 0.335 e. The summed E-state index contributed by atoms with van der Waals surface area (Å²) < 4.78 is 50.5. The van der Waals surface area contributed by atoms with Crippen LogP contribution in [0.5, 0.6) is 0 Å². The molecule has 0 unspecified atom stereocenters. The summed E-state index contributed by atoms with van der Waals surface area (Å²) in [4.78, 5) is 41.7. The average Bonchev–Trinajstić information content (AvgIpc) is 3.56. The highest BCUT2D eigenvalue weighted by Crippen LogP contribution is 2.26. The minimum atomic E-state index is -3.48. The number of aromatic carboxylic acids is 1. The van der Waals surface area contributed by atoms with Gasteiger partial charge in [0.1, 0.15) is 0 Å². The molecule has 20 heteroatoms. The fourth-order valence-electron chi connectivity index (χ4n) is 4.17. The molecule has 0 amide bonds. The lowest BCUT2D eigenvalue weighted by atomic mass is 10.0. The molecule has 2 aromatic heterocycles. The molecule has 4 rings (SSSR count). The van der Waals surface area contributed by atoms with E-state index in [-0.39, 0.29) is 34.0 Å². The van der Waals surface area contributed by atoms with Gasteiger partial charge in [-0.25, -0.2) is 21.6 Å². The summed E-state index contributed by atoms with van der Waals surface area (Å²) in [6.07, 6.45) is 8.19. The first-order valence-electron chi connectivity index (χ1n) is 12.9. The molecule has 0 aliphatic heterocycles. The van der Waals surface area contributed by atoms with Crippen molar-refractivity contribution in [1.29, 1.82) is 0 Å². The van der Waals surface area contributed by atoms with Crippen LogP contribution in [0.2, 0.25) is 10.0 Å². The van der Waals surface area contributed by atoms with Crippen molar-refractivity contribution >= 4 is 99.4 Å². The summed E-state index contributed by atoms with van der Waals surface area (Å²) in [5.41, 5.74) is 2.13. The number of carbonyl (C=O) groups is 4. The average molecular weight is 803 g/mol. The van der Waals surface area contributed by atoms with Crippen molar-refractivity contribution in [3.8, 4) is 0 Å². The van der Waals surface area contributed by atoms with Crippen LogP contribution in [0.1, 0.15) is 43.0 Å². The molecule has 1 N–H and O–H groups in total. The van der Waals surface area contributed by atoms with Gasteiger partial charge < -0.3 is 5.11 Å². The highest BCUT2D eigenvalue weighted by Gasteiger charge is 2.22. The minimum absolute atomic E-state index is 0.0654. The van der Waals surface area contributed by atoms with Crippen LogP contribution < -0.4 is 0 Å². The van der Waals surface area contributed by atoms with E-state index >= 15 is 0 Å². The summed E-state index contributed by atoms with van der Waals surface area (Å²) in [5.74, 6) is -1.10. The lowest BCUT2D eigenvalue weighted by Gasteiger charge is -2.14. The summed E-state index contributed by atoms with van der Waals surface area (Å²) in [6, 6.07) is 5.42. The number of hydrogen-bond donors (Lipinski definition) is 1. The van der Waals surface area contributed by atoms with Gasteiger partial charge in [0.2, 0.25) is 0 Å². The smallest absolute Gasteiger partial charge is 0.335 e. The largest absolute Gasteiger partial charge is 0.478 e. The fourth-order valence-corrected chi connectivity index (χ4v) is 6.65. The molecule has 2 aromatic carbocycles. The van der Waals surface area contributed by atoms with Crippen molar-refractivity contribution in [1.82, 2.24) is 19.6 Å². The van der Waals surface area contributed by atoms with E-state index in [1.807, 2.05) is 0 Å². The van der Waals surface area contributed by atoms with Gasteiger partial charge in [-0.05, 0) is 95.2 Å². The summed E-state index contributed by atoms with van der Waals surface area (Å²) in [6.45, 7) is 3.55. The molecule has 0 saturated carbocycles. The first-order valence-corrected chi connectivity index (χ1v) is 18.5. The second-order valence-corrected chi connectivity index (χ2v) is 15.7. The molecule has 4 aromatic rings. The lowest BCUT2D eigenvalue weighted by molar-refractivity contribution is -0.127. The predicted molar refractivity (Wildman–Crippen MR) is 180 cm³/mol. The van der Waals surface area contributed by atoms with E-state index in [9.17, 15) is 36.0 Å². The second-order valence-electron chi connectivity index (χ2n) is 9.81. The second kappa shape index (κ2) is 16.9. The Morgan fingerprint density at radius 1 is 0.688 bits per heavy atom. The third-order valence-electron chi connectivity index (χ3n) is 6.35. The van der Waals surface area contributed by atoms with Crippen molar-refractivity contribution in [2.75, 3.05) is 12.5 Å². The SMILES string of the molecule is Cc1c(C(=O)Cl)ccc(S(C)(=O)=O)c1Cn1cc(Cl)cn1.Cc1c(C(=O)O)ccc(S(C)(=O)=O)c1Cn1cc(Cl)cn1.O=C(Cl)C(=O)Cl. The highest BCUT2D eigenvalue weighted by atomic mass is 35.5. The molecule has 0 spiro atoms. The maximum absolute atomic E-state index is 11.9. The molecular weight excluding hydrogens is 778 g/mol. The Morgan fingerprint density at radius 3 is 1.31 bits per heavy atom. The Hall–Kier alpha value is -3.31. The Bertz CT molecular complexity index is 1960. The van der Waals surface area contributed by atoms with Gasteiger partial charge in [0.15, 0.2) is 19.7 Å². The molecule has 0 fully saturated rings. The monoisotopic (exact) mass is 800 g/mol. The number of benzene rings is 2. The zero-order chi connectivity index (χ0) is 36.7. The van der Waals surface area contributed by atoms with E-state index in [1.165, 1.54) is 46.0 Å². The summed E-state index contributed by atoms with van der Waals surface area (Å²) in [5, 5.41) is 15.1. The molecule has 2 heterocycles. The molecule has 48 heavy (non-hydrogen) atoms. The molecular formula is C28H25Cl5N4O9S2. The van der Waals surface area contributed by atoms with E-state index in [4.69, 9.17) is 39.9 Å². The Balaban J connectivity index is 0.000000286. The zero-order valence-corrected chi connectivity index (χ0v) is 30.7. The number of rotatable bonds is 9. The normalized spacial score (nSPS) is 11.1. The number of hydrogen-bond acceptors (Lipinski definition) is 10. The summed E-state index contributed by atoms with van der Waals surface area (Å²) in [7, 11) is -6.92. The van der Waals surface area contributed by atoms with Crippen molar-refractivity contribution in [2.45, 2.75) is 36.7 Å². The van der Waals surface area contributed by atoms with Gasteiger partial charge in [0.25, 0.3) is 5.24 Å². The van der Waals surface area contributed by atoms with Crippen molar-refractivity contribution in [3.05, 3.63) is 92.5 Å². The van der Waals surface area contributed by atoms with Gasteiger partial charge in [0.05, 0.1) is 50.9 Å². The van der Waals surface area contributed by atoms with Gasteiger partial charge in [-0.2, -0.15) is 10.2 Å². The Kier molecular flexibility index (Phi) is 14.4. The van der Waals surface area contributed by atoms with E-state index in [2.05, 4.69) is 33.4 Å². The number of aromatic nitrogens is 4. The van der Waals surface area contributed by atoms with Crippen LogP contribution >= 0.6 is 58.0 Å². The fraction of sp³-hybridized carbons (Fsp3) is 0.214. The predicted octanol–water partition coefficient (Wildman–Crippen LogP) is 5.19. The van der Waals surface area contributed by atoms with Crippen molar-refractivity contribution in [2.24, 2.45) is 0 Å². The number of carboxylic acid groups (broad SMARTS) is 1. The van der Waals surface area contributed by atoms with Crippen LogP contribution in [-0.2, 0) is 42.4 Å². The summed E-state index contributed by atoms with van der Waals surface area (Å²) >= 11 is 26.1. The third kappa shape index (κ3) is 11.4. The number of nitrogens with zero attached hydrogens (tertiary/aromatic N) is 4. The molecule has 13 nitrogen and oxygen atoms in total. The molecule has 0 atom stereocenters. The minimum Gasteiger partial charge on any atom is -0.478 e. The molecule has 258 valence electrons. The zero-order valence-electron chi connectivity index (χ0n) is 25.2. The van der Waals surface area contributed by atoms with Gasteiger partial charge in [-0.3, -0.25) is 23.7 Å². The van der Waals surface area contributed by atoms with E-state index in [0.29, 0.717) is 32.3 Å². The third-order valence-corrected chi connectivity index (χ3v) is 9.75. The first kappa shape index (κ1) is 40.9. The van der Waals surface area contributed by atoms with Gasteiger partial charge in [-0.15, -0.1) is 0 Å². The number of sulfone groups is 2. The molecule has 0 bridgehead atoms. The van der Waals surface area contributed by atoms with Crippen LogP contribution in [0.25, 0.3) is 0 Å². The molecule has 0 radical (unpaired) electrons. The first-order chi connectivity index (χ1) is 22.0. The molecule has 0 aliphatic carbocycles. The van der Waals surface area contributed by atoms with Crippen LogP contribution in [0.4, 0.5) is 0 Å². The van der Waals surface area contributed by atoms with Crippen molar-refractivity contribution in [3.63, 3.8) is 0 Å². The quantitative estimate of drug-likeness (QED) is 0.173. The van der Waals surface area contributed by atoms with Gasteiger partial charge >= 0.3 is 16.5 Å². The maximum atomic E-state index is 11.9. The van der Waals surface area contributed by atoms with Gasteiger partial charge in [-0.1, -0.05) is 23.2 Å². The van der Waals surface area contributed by atoms with E-state index in [0.717, 1.165) is 12.5 Å². The van der Waals surface area contributed by atoms with Gasteiger partial charge in [0, 0.05) is 30.5 Å². The molecule has 0 aliphatic rings. The highest BCUT2D eigenvalue weighted by molar-refractivity contribution is 7.91.